The van der Waals surface area contributed by atoms with Crippen molar-refractivity contribution >= 4 is 21.1 Å². The average Bonchev–Trinajstić information content (AvgIpc) is 2.49. The Labute approximate surface area is 101 Å². The van der Waals surface area contributed by atoms with Gasteiger partial charge in [0.2, 0.25) is 9.84 Å². The van der Waals surface area contributed by atoms with Crippen molar-refractivity contribution in [2.75, 3.05) is 12.3 Å². The molecule has 0 radical (unpaired) electrons. The second kappa shape index (κ2) is 4.16. The Hall–Kier alpha value is -1.33. The molecule has 92 valence electrons. The first-order chi connectivity index (χ1) is 7.92. The van der Waals surface area contributed by atoms with Gasteiger partial charge in [-0.1, -0.05) is 6.07 Å². The number of nitrogens with two attached hydrogens (primary N) is 1. The molecule has 0 aliphatic carbocycles. The number of ether oxygens (including phenoxy) is 1. The van der Waals surface area contributed by atoms with E-state index in [9.17, 15) is 8.42 Å². The second-order valence-corrected chi connectivity index (χ2v) is 6.03. The summed E-state index contributed by atoms with van der Waals surface area (Å²) in [6, 6.07) is 4.91. The van der Waals surface area contributed by atoms with Crippen LogP contribution in [0.4, 0.5) is 5.69 Å². The number of fused-ring (bicyclic) bond motifs is 1. The molecule has 0 bridgehead atoms. The first kappa shape index (κ1) is 12.1. The van der Waals surface area contributed by atoms with E-state index in [4.69, 9.17) is 10.5 Å². The molecule has 0 saturated carbocycles. The molecule has 5 heteroatoms. The van der Waals surface area contributed by atoms with Crippen LogP contribution in [0.25, 0.3) is 5.57 Å². The highest BCUT2D eigenvalue weighted by molar-refractivity contribution is 7.95. The monoisotopic (exact) mass is 253 g/mol. The summed E-state index contributed by atoms with van der Waals surface area (Å²) in [5, 5.41) is 1.25. The fourth-order valence-electron chi connectivity index (χ4n) is 1.80. The maximum atomic E-state index is 11.9. The van der Waals surface area contributed by atoms with Crippen molar-refractivity contribution < 1.29 is 13.2 Å². The molecule has 0 aromatic heterocycles. The molecule has 0 fully saturated rings. The summed E-state index contributed by atoms with van der Waals surface area (Å²) in [6.45, 7) is 4.07. The van der Waals surface area contributed by atoms with Gasteiger partial charge in [-0.2, -0.15) is 0 Å². The summed E-state index contributed by atoms with van der Waals surface area (Å²) in [5.41, 5.74) is 7.53. The number of nitrogen functional groups attached to an aromatic ring is 1. The predicted octanol–water partition coefficient (Wildman–Crippen LogP) is 1.82. The van der Waals surface area contributed by atoms with Crippen LogP contribution in [-0.4, -0.2) is 21.1 Å². The molecule has 0 amide bonds. The van der Waals surface area contributed by atoms with Crippen molar-refractivity contribution in [3.8, 4) is 0 Å². The molecule has 1 aromatic rings. The predicted molar refractivity (Wildman–Crippen MR) is 67.1 cm³/mol. The van der Waals surface area contributed by atoms with E-state index in [-0.39, 0.29) is 17.6 Å². The van der Waals surface area contributed by atoms with E-state index in [1.807, 2.05) is 13.8 Å². The van der Waals surface area contributed by atoms with Gasteiger partial charge in [-0.05, 0) is 31.6 Å². The lowest BCUT2D eigenvalue weighted by Crippen LogP contribution is -2.06. The number of benzene rings is 1. The molecule has 1 aliphatic rings. The first-order valence-electron chi connectivity index (χ1n) is 5.38. The molecule has 0 atom stereocenters. The van der Waals surface area contributed by atoms with Crippen LogP contribution in [0.3, 0.4) is 0 Å². The third kappa shape index (κ3) is 2.21. The van der Waals surface area contributed by atoms with Crippen molar-refractivity contribution in [3.05, 3.63) is 29.2 Å². The Kier molecular flexibility index (Phi) is 2.97. The zero-order chi connectivity index (χ0) is 12.6. The largest absolute Gasteiger partial charge is 0.398 e. The van der Waals surface area contributed by atoms with Crippen molar-refractivity contribution in [2.45, 2.75) is 24.8 Å². The van der Waals surface area contributed by atoms with E-state index in [0.29, 0.717) is 16.8 Å². The molecular weight excluding hydrogens is 238 g/mol. The summed E-state index contributed by atoms with van der Waals surface area (Å²) in [7, 11) is -3.35. The lowest BCUT2D eigenvalue weighted by molar-refractivity contribution is 0.107. The Balaban J connectivity index is 2.45. The summed E-state index contributed by atoms with van der Waals surface area (Å²) in [4.78, 5) is 0.278. The Morgan fingerprint density at radius 1 is 1.35 bits per heavy atom. The molecule has 4 nitrogen and oxygen atoms in total. The zero-order valence-corrected chi connectivity index (χ0v) is 10.6. The van der Waals surface area contributed by atoms with E-state index in [2.05, 4.69) is 0 Å². The Morgan fingerprint density at radius 3 is 2.71 bits per heavy atom. The van der Waals surface area contributed by atoms with Crippen molar-refractivity contribution in [3.63, 3.8) is 0 Å². The van der Waals surface area contributed by atoms with Crippen LogP contribution in [0.5, 0.6) is 0 Å². The standard InChI is InChI=1S/C12H15NO3S/c1-8(2)16-6-9-7-17(14,15)11-5-3-4-10(13)12(9)11/h3-5,7-8H,6,13H2,1-2H3. The molecule has 1 heterocycles. The summed E-state index contributed by atoms with van der Waals surface area (Å²) < 4.78 is 29.2. The molecule has 2 N–H and O–H groups in total. The minimum atomic E-state index is -3.35. The van der Waals surface area contributed by atoms with Gasteiger partial charge in [-0.3, -0.25) is 0 Å². The lowest BCUT2D eigenvalue weighted by Gasteiger charge is -2.10. The highest BCUT2D eigenvalue weighted by Crippen LogP contribution is 2.37. The molecule has 1 aromatic carbocycles. The smallest absolute Gasteiger partial charge is 0.200 e. The van der Waals surface area contributed by atoms with E-state index in [1.165, 1.54) is 5.41 Å². The summed E-state index contributed by atoms with van der Waals surface area (Å²) in [6.07, 6.45) is 0.0487. The fourth-order valence-corrected chi connectivity index (χ4v) is 3.29. The first-order valence-corrected chi connectivity index (χ1v) is 6.92. The number of rotatable bonds is 3. The minimum absolute atomic E-state index is 0.0487. The van der Waals surface area contributed by atoms with E-state index >= 15 is 0 Å². The van der Waals surface area contributed by atoms with Gasteiger partial charge in [0.05, 0.1) is 17.6 Å². The molecular formula is C12H15NO3S. The van der Waals surface area contributed by atoms with Crippen LogP contribution in [0.15, 0.2) is 28.5 Å². The fraction of sp³-hybridized carbons (Fsp3) is 0.333. The highest BCUT2D eigenvalue weighted by atomic mass is 32.2. The summed E-state index contributed by atoms with van der Waals surface area (Å²) in [5.74, 6) is 0. The number of sulfone groups is 1. The van der Waals surface area contributed by atoms with Gasteiger partial charge in [0.25, 0.3) is 0 Å². The van der Waals surface area contributed by atoms with Crippen molar-refractivity contribution in [2.24, 2.45) is 0 Å². The summed E-state index contributed by atoms with van der Waals surface area (Å²) >= 11 is 0. The van der Waals surface area contributed by atoms with Crippen LogP contribution < -0.4 is 5.73 Å². The third-order valence-corrected chi connectivity index (χ3v) is 4.10. The highest BCUT2D eigenvalue weighted by Gasteiger charge is 2.28. The van der Waals surface area contributed by atoms with Gasteiger partial charge in [0, 0.05) is 16.7 Å². The molecule has 0 spiro atoms. The minimum Gasteiger partial charge on any atom is -0.398 e. The van der Waals surface area contributed by atoms with Crippen LogP contribution in [-0.2, 0) is 14.6 Å². The molecule has 2 rings (SSSR count). The molecule has 17 heavy (non-hydrogen) atoms. The van der Waals surface area contributed by atoms with E-state index < -0.39 is 9.84 Å². The SMILES string of the molecule is CC(C)OCC1=CS(=O)(=O)c2cccc(N)c21. The number of anilines is 1. The van der Waals surface area contributed by atoms with Gasteiger partial charge >= 0.3 is 0 Å². The van der Waals surface area contributed by atoms with Gasteiger partial charge in [-0.15, -0.1) is 0 Å². The number of hydrogen-bond donors (Lipinski definition) is 1. The van der Waals surface area contributed by atoms with Crippen LogP contribution in [0, 0.1) is 0 Å². The van der Waals surface area contributed by atoms with Gasteiger partial charge in [-0.25, -0.2) is 8.42 Å². The second-order valence-electron chi connectivity index (χ2n) is 4.27. The van der Waals surface area contributed by atoms with Crippen molar-refractivity contribution in [1.82, 2.24) is 0 Å². The average molecular weight is 253 g/mol. The van der Waals surface area contributed by atoms with Crippen LogP contribution >= 0.6 is 0 Å². The van der Waals surface area contributed by atoms with Crippen LogP contribution in [0.2, 0.25) is 0 Å². The van der Waals surface area contributed by atoms with E-state index in [0.717, 1.165) is 0 Å². The normalized spacial score (nSPS) is 17.0. The lowest BCUT2D eigenvalue weighted by atomic mass is 10.1. The maximum Gasteiger partial charge on any atom is 0.200 e. The van der Waals surface area contributed by atoms with Gasteiger partial charge in [0.1, 0.15) is 0 Å². The Morgan fingerprint density at radius 2 is 2.06 bits per heavy atom. The van der Waals surface area contributed by atoms with Gasteiger partial charge < -0.3 is 10.5 Å². The molecule has 0 saturated heterocycles. The molecule has 0 unspecified atom stereocenters. The topological polar surface area (TPSA) is 69.4 Å². The van der Waals surface area contributed by atoms with Gasteiger partial charge in [0.15, 0.2) is 0 Å². The van der Waals surface area contributed by atoms with Crippen molar-refractivity contribution in [1.29, 1.82) is 0 Å². The quantitative estimate of drug-likeness (QED) is 0.834. The van der Waals surface area contributed by atoms with E-state index in [1.54, 1.807) is 18.2 Å². The third-order valence-electron chi connectivity index (χ3n) is 2.56. The zero-order valence-electron chi connectivity index (χ0n) is 9.80. The maximum absolute atomic E-state index is 11.9. The molecule has 1 aliphatic heterocycles. The van der Waals surface area contributed by atoms with Crippen LogP contribution in [0.1, 0.15) is 19.4 Å². The number of hydrogen-bond acceptors (Lipinski definition) is 4. The Bertz CT molecular complexity index is 573.